The van der Waals surface area contributed by atoms with E-state index in [9.17, 15) is 8.42 Å². The van der Waals surface area contributed by atoms with Crippen LogP contribution in [0.3, 0.4) is 0 Å². The Kier molecular flexibility index (Phi) is 5.22. The van der Waals surface area contributed by atoms with Gasteiger partial charge < -0.3 is 4.84 Å². The van der Waals surface area contributed by atoms with Gasteiger partial charge in [0, 0.05) is 13.1 Å². The predicted octanol–water partition coefficient (Wildman–Crippen LogP) is 2.35. The van der Waals surface area contributed by atoms with Crippen molar-refractivity contribution < 1.29 is 13.3 Å². The summed E-state index contributed by atoms with van der Waals surface area (Å²) in [6.07, 6.45) is 1.92. The van der Waals surface area contributed by atoms with E-state index in [-0.39, 0.29) is 11.5 Å². The highest BCUT2D eigenvalue weighted by molar-refractivity contribution is 7.89. The first-order valence-corrected chi connectivity index (χ1v) is 10.9. The standard InChI is InChI=1S/C20H21N5O3S/c1-15-3-2-10-24(13-15)29(26,27)18-8-9-19-20(11-18)25(23-22-19)28-14-17-6-4-16(12-21)5-7-17/h4-9,11,15H,2-3,10,13-14H2,1H3/t15-/m0/s1. The van der Waals surface area contributed by atoms with Gasteiger partial charge in [0.15, 0.2) is 0 Å². The topological polar surface area (TPSA) is 101 Å². The number of nitriles is 1. The first-order chi connectivity index (χ1) is 14.0. The fourth-order valence-corrected chi connectivity index (χ4v) is 5.08. The van der Waals surface area contributed by atoms with Gasteiger partial charge in [-0.1, -0.05) is 23.9 Å². The maximum atomic E-state index is 13.1. The Morgan fingerprint density at radius 1 is 1.24 bits per heavy atom. The molecule has 3 aromatic rings. The van der Waals surface area contributed by atoms with E-state index in [1.54, 1.807) is 46.8 Å². The van der Waals surface area contributed by atoms with Gasteiger partial charge in [0.1, 0.15) is 17.6 Å². The molecule has 1 fully saturated rings. The molecule has 1 aliphatic rings. The number of sulfonamides is 1. The maximum Gasteiger partial charge on any atom is 0.243 e. The number of fused-ring (bicyclic) bond motifs is 1. The fraction of sp³-hybridized carbons (Fsp3) is 0.350. The van der Waals surface area contributed by atoms with Crippen molar-refractivity contribution in [2.45, 2.75) is 31.3 Å². The summed E-state index contributed by atoms with van der Waals surface area (Å²) in [5.41, 5.74) is 2.47. The summed E-state index contributed by atoms with van der Waals surface area (Å²) >= 11 is 0. The molecule has 0 amide bonds. The van der Waals surface area contributed by atoms with Crippen molar-refractivity contribution >= 4 is 21.1 Å². The van der Waals surface area contributed by atoms with Crippen LogP contribution in [0.4, 0.5) is 0 Å². The van der Waals surface area contributed by atoms with Crippen molar-refractivity contribution in [2.75, 3.05) is 13.1 Å². The molecule has 1 aromatic heterocycles. The number of aromatic nitrogens is 3. The molecule has 0 radical (unpaired) electrons. The van der Waals surface area contributed by atoms with Gasteiger partial charge in [0.2, 0.25) is 10.0 Å². The summed E-state index contributed by atoms with van der Waals surface area (Å²) in [4.78, 5) is 7.15. The summed E-state index contributed by atoms with van der Waals surface area (Å²) in [6.45, 7) is 3.36. The number of benzene rings is 2. The van der Waals surface area contributed by atoms with Gasteiger partial charge in [0.25, 0.3) is 0 Å². The number of piperidine rings is 1. The quantitative estimate of drug-likeness (QED) is 0.639. The fourth-order valence-electron chi connectivity index (χ4n) is 3.46. The van der Waals surface area contributed by atoms with Crippen LogP contribution in [-0.2, 0) is 16.6 Å². The highest BCUT2D eigenvalue weighted by Crippen LogP contribution is 2.25. The monoisotopic (exact) mass is 411 g/mol. The van der Waals surface area contributed by atoms with Crippen molar-refractivity contribution in [2.24, 2.45) is 5.92 Å². The number of rotatable bonds is 5. The average molecular weight is 411 g/mol. The molecule has 0 saturated carbocycles. The second-order valence-electron chi connectivity index (χ2n) is 7.31. The van der Waals surface area contributed by atoms with E-state index >= 15 is 0 Å². The smallest absolute Gasteiger partial charge is 0.243 e. The van der Waals surface area contributed by atoms with E-state index < -0.39 is 10.0 Å². The summed E-state index contributed by atoms with van der Waals surface area (Å²) in [6, 6.07) is 13.9. The van der Waals surface area contributed by atoms with Crippen LogP contribution in [0.1, 0.15) is 30.9 Å². The van der Waals surface area contributed by atoms with Gasteiger partial charge in [-0.25, -0.2) is 8.42 Å². The van der Waals surface area contributed by atoms with Crippen LogP contribution in [0.2, 0.25) is 0 Å². The lowest BCUT2D eigenvalue weighted by atomic mass is 10.0. The molecule has 0 bridgehead atoms. The third-order valence-corrected chi connectivity index (χ3v) is 6.94. The first kappa shape index (κ1) is 19.4. The van der Waals surface area contributed by atoms with E-state index in [0.717, 1.165) is 18.4 Å². The molecule has 29 heavy (non-hydrogen) atoms. The van der Waals surface area contributed by atoms with Crippen molar-refractivity contribution in [1.82, 2.24) is 19.5 Å². The summed E-state index contributed by atoms with van der Waals surface area (Å²) in [7, 11) is -3.58. The molecule has 0 spiro atoms. The van der Waals surface area contributed by atoms with Gasteiger partial charge in [-0.3, -0.25) is 0 Å². The molecule has 1 aliphatic heterocycles. The lowest BCUT2D eigenvalue weighted by Crippen LogP contribution is -2.39. The maximum absolute atomic E-state index is 13.1. The second kappa shape index (κ2) is 7.81. The SMILES string of the molecule is C[C@H]1CCCN(S(=O)(=O)c2ccc3nnn(OCc4ccc(C#N)cc4)c3c2)C1. The van der Waals surface area contributed by atoms with Crippen molar-refractivity contribution in [3.8, 4) is 6.07 Å². The Hall–Kier alpha value is -2.96. The van der Waals surface area contributed by atoms with E-state index in [0.29, 0.717) is 35.6 Å². The van der Waals surface area contributed by atoms with Crippen LogP contribution in [0, 0.1) is 17.2 Å². The van der Waals surface area contributed by atoms with E-state index in [2.05, 4.69) is 23.3 Å². The van der Waals surface area contributed by atoms with Gasteiger partial charge in [0.05, 0.1) is 16.5 Å². The molecule has 0 aliphatic carbocycles. The molecule has 9 heteroatoms. The predicted molar refractivity (Wildman–Crippen MR) is 106 cm³/mol. The van der Waals surface area contributed by atoms with E-state index in [1.165, 1.54) is 4.85 Å². The molecule has 4 rings (SSSR count). The molecule has 2 heterocycles. The van der Waals surface area contributed by atoms with Crippen molar-refractivity contribution in [3.05, 3.63) is 53.6 Å². The van der Waals surface area contributed by atoms with Gasteiger partial charge >= 0.3 is 0 Å². The molecule has 1 saturated heterocycles. The lowest BCUT2D eigenvalue weighted by molar-refractivity contribution is 0.0751. The van der Waals surface area contributed by atoms with Crippen molar-refractivity contribution in [3.63, 3.8) is 0 Å². The largest absolute Gasteiger partial charge is 0.390 e. The van der Waals surface area contributed by atoms with Gasteiger partial charge in [-0.05, 0) is 59.9 Å². The Bertz CT molecular complexity index is 1170. The normalized spacial score (nSPS) is 17.9. The summed E-state index contributed by atoms with van der Waals surface area (Å²) in [5, 5.41) is 16.9. The minimum absolute atomic E-state index is 0.213. The van der Waals surface area contributed by atoms with Crippen LogP contribution >= 0.6 is 0 Å². The molecule has 0 unspecified atom stereocenters. The third kappa shape index (κ3) is 3.95. The zero-order chi connectivity index (χ0) is 20.4. The Morgan fingerprint density at radius 2 is 2.03 bits per heavy atom. The summed E-state index contributed by atoms with van der Waals surface area (Å²) < 4.78 is 27.7. The average Bonchev–Trinajstić information content (AvgIpc) is 3.15. The molecule has 2 aromatic carbocycles. The minimum Gasteiger partial charge on any atom is -0.390 e. The third-order valence-electron chi connectivity index (χ3n) is 5.08. The highest BCUT2D eigenvalue weighted by atomic mass is 32.2. The number of nitrogens with zero attached hydrogens (tertiary/aromatic N) is 5. The minimum atomic E-state index is -3.58. The molecular weight excluding hydrogens is 390 g/mol. The lowest BCUT2D eigenvalue weighted by Gasteiger charge is -2.30. The van der Waals surface area contributed by atoms with Gasteiger partial charge in [-0.2, -0.15) is 9.57 Å². The van der Waals surface area contributed by atoms with Crippen LogP contribution in [0.5, 0.6) is 0 Å². The van der Waals surface area contributed by atoms with E-state index in [1.807, 2.05) is 0 Å². The molecular formula is C20H21N5O3S. The molecule has 0 N–H and O–H groups in total. The van der Waals surface area contributed by atoms with E-state index in [4.69, 9.17) is 10.1 Å². The van der Waals surface area contributed by atoms with Crippen molar-refractivity contribution in [1.29, 1.82) is 5.26 Å². The summed E-state index contributed by atoms with van der Waals surface area (Å²) in [5.74, 6) is 0.352. The molecule has 1 atom stereocenters. The van der Waals surface area contributed by atoms with Crippen LogP contribution in [0.15, 0.2) is 47.4 Å². The second-order valence-corrected chi connectivity index (χ2v) is 9.24. The van der Waals surface area contributed by atoms with Gasteiger partial charge in [-0.15, -0.1) is 5.10 Å². The van der Waals surface area contributed by atoms with Crippen LogP contribution in [-0.4, -0.2) is 41.0 Å². The van der Waals surface area contributed by atoms with Crippen LogP contribution in [0.25, 0.3) is 11.0 Å². The zero-order valence-electron chi connectivity index (χ0n) is 16.0. The molecule has 150 valence electrons. The van der Waals surface area contributed by atoms with Crippen LogP contribution < -0.4 is 4.84 Å². The Labute approximate surface area is 169 Å². The number of hydrogen-bond acceptors (Lipinski definition) is 6. The number of hydrogen-bond donors (Lipinski definition) is 0. The highest BCUT2D eigenvalue weighted by Gasteiger charge is 2.29. The molecule has 8 nitrogen and oxygen atoms in total. The Balaban J connectivity index is 1.58. The Morgan fingerprint density at radius 3 is 2.76 bits per heavy atom. The zero-order valence-corrected chi connectivity index (χ0v) is 16.8. The first-order valence-electron chi connectivity index (χ1n) is 9.45.